The van der Waals surface area contributed by atoms with Crippen molar-refractivity contribution in [1.29, 1.82) is 0 Å². The summed E-state index contributed by atoms with van der Waals surface area (Å²) in [5.41, 5.74) is 2.31. The number of halogens is 1. The van der Waals surface area contributed by atoms with Crippen molar-refractivity contribution in [3.63, 3.8) is 0 Å². The molecule has 174 valence electrons. The Labute approximate surface area is 196 Å². The van der Waals surface area contributed by atoms with Crippen molar-refractivity contribution in [3.8, 4) is 5.75 Å². The van der Waals surface area contributed by atoms with E-state index in [2.05, 4.69) is 10.6 Å². The van der Waals surface area contributed by atoms with E-state index in [1.807, 2.05) is 0 Å². The summed E-state index contributed by atoms with van der Waals surface area (Å²) < 4.78 is 22.7. The summed E-state index contributed by atoms with van der Waals surface area (Å²) in [6.07, 6.45) is 2.12. The Bertz CT molecular complexity index is 1170. The third-order valence-electron chi connectivity index (χ3n) is 4.60. The van der Waals surface area contributed by atoms with Crippen LogP contribution < -0.4 is 15.4 Å². The molecule has 0 atom stereocenters. The van der Waals surface area contributed by atoms with Gasteiger partial charge in [0.15, 0.2) is 0 Å². The highest BCUT2D eigenvalue weighted by molar-refractivity contribution is 6.04. The van der Waals surface area contributed by atoms with E-state index < -0.39 is 6.16 Å². The quantitative estimate of drug-likeness (QED) is 0.281. The minimum atomic E-state index is -0.816. The van der Waals surface area contributed by atoms with E-state index in [4.69, 9.17) is 9.47 Å². The maximum atomic E-state index is 13.0. The summed E-state index contributed by atoms with van der Waals surface area (Å²) in [6, 6.07) is 18.9. The minimum absolute atomic E-state index is 0.190. The third kappa shape index (κ3) is 7.30. The predicted molar refractivity (Wildman–Crippen MR) is 126 cm³/mol. The van der Waals surface area contributed by atoms with Crippen LogP contribution in [0.2, 0.25) is 0 Å². The van der Waals surface area contributed by atoms with Crippen molar-refractivity contribution < 1.29 is 28.2 Å². The molecule has 8 heteroatoms. The van der Waals surface area contributed by atoms with Gasteiger partial charge in [-0.25, -0.2) is 9.18 Å². The van der Waals surface area contributed by atoms with Gasteiger partial charge in [-0.05, 0) is 66.6 Å². The molecule has 3 rings (SSSR count). The van der Waals surface area contributed by atoms with Crippen molar-refractivity contribution in [2.24, 2.45) is 0 Å². The van der Waals surface area contributed by atoms with Crippen LogP contribution in [-0.4, -0.2) is 24.6 Å². The maximum Gasteiger partial charge on any atom is 0.513 e. The van der Waals surface area contributed by atoms with E-state index in [1.54, 1.807) is 49.4 Å². The SMILES string of the molecule is CCOC(=O)Oc1ccc(C(=O)Nc2ccccc2CNC(=O)/C=C/c2ccc(F)cc2)cc1. The Kier molecular flexibility index (Phi) is 8.51. The summed E-state index contributed by atoms with van der Waals surface area (Å²) in [5, 5.41) is 5.58. The van der Waals surface area contributed by atoms with Gasteiger partial charge in [0.25, 0.3) is 5.91 Å². The lowest BCUT2D eigenvalue weighted by atomic mass is 10.1. The molecule has 0 unspecified atom stereocenters. The van der Waals surface area contributed by atoms with Crippen LogP contribution in [0.15, 0.2) is 78.9 Å². The van der Waals surface area contributed by atoms with Crippen LogP contribution >= 0.6 is 0 Å². The number of anilines is 1. The molecule has 0 heterocycles. The van der Waals surface area contributed by atoms with Crippen LogP contribution in [0.1, 0.15) is 28.4 Å². The van der Waals surface area contributed by atoms with Gasteiger partial charge in [-0.3, -0.25) is 9.59 Å². The second kappa shape index (κ2) is 12.0. The molecule has 2 amide bonds. The van der Waals surface area contributed by atoms with Crippen molar-refractivity contribution in [1.82, 2.24) is 5.32 Å². The minimum Gasteiger partial charge on any atom is -0.434 e. The fourth-order valence-corrected chi connectivity index (χ4v) is 2.90. The van der Waals surface area contributed by atoms with Gasteiger partial charge in [-0.15, -0.1) is 0 Å². The smallest absolute Gasteiger partial charge is 0.434 e. The summed E-state index contributed by atoms with van der Waals surface area (Å²) in [7, 11) is 0. The molecule has 0 saturated heterocycles. The molecule has 0 bridgehead atoms. The number of rotatable bonds is 8. The number of para-hydroxylation sites is 1. The molecule has 0 saturated carbocycles. The molecule has 7 nitrogen and oxygen atoms in total. The van der Waals surface area contributed by atoms with Gasteiger partial charge in [0.1, 0.15) is 11.6 Å². The molecule has 0 aliphatic rings. The number of nitrogens with one attached hydrogen (secondary N) is 2. The highest BCUT2D eigenvalue weighted by Crippen LogP contribution is 2.18. The number of hydrogen-bond donors (Lipinski definition) is 2. The zero-order valence-corrected chi connectivity index (χ0v) is 18.4. The lowest BCUT2D eigenvalue weighted by Crippen LogP contribution is -2.22. The van der Waals surface area contributed by atoms with Crippen LogP contribution in [0.25, 0.3) is 6.08 Å². The average Bonchev–Trinajstić information content (AvgIpc) is 2.83. The number of carbonyl (C=O) groups is 3. The molecule has 0 radical (unpaired) electrons. The molecule has 0 aromatic heterocycles. The predicted octanol–water partition coefficient (Wildman–Crippen LogP) is 4.94. The molecule has 3 aromatic rings. The standard InChI is InChI=1S/C26H23FN2O5/c1-2-33-26(32)34-22-14-10-19(11-15-22)25(31)29-23-6-4-3-5-20(23)17-28-24(30)16-9-18-7-12-21(27)13-8-18/h3-16H,2,17H2,1H3,(H,28,30)(H,29,31)/b16-9+. The highest BCUT2D eigenvalue weighted by Gasteiger charge is 2.11. The third-order valence-corrected chi connectivity index (χ3v) is 4.60. The first kappa shape index (κ1) is 24.2. The van der Waals surface area contributed by atoms with E-state index in [-0.39, 0.29) is 36.5 Å². The summed E-state index contributed by atoms with van der Waals surface area (Å²) in [6.45, 7) is 2.06. The van der Waals surface area contributed by atoms with Gasteiger partial charge >= 0.3 is 6.16 Å². The number of hydrogen-bond acceptors (Lipinski definition) is 5. The average molecular weight is 462 g/mol. The van der Waals surface area contributed by atoms with E-state index in [1.165, 1.54) is 42.5 Å². The first-order valence-corrected chi connectivity index (χ1v) is 10.5. The van der Waals surface area contributed by atoms with E-state index in [9.17, 15) is 18.8 Å². The zero-order valence-electron chi connectivity index (χ0n) is 18.4. The van der Waals surface area contributed by atoms with Gasteiger partial charge < -0.3 is 20.1 Å². The number of benzene rings is 3. The second-order valence-corrected chi connectivity index (χ2v) is 7.02. The molecule has 3 aromatic carbocycles. The Morgan fingerprint density at radius 3 is 2.35 bits per heavy atom. The van der Waals surface area contributed by atoms with E-state index in [0.29, 0.717) is 22.4 Å². The largest absolute Gasteiger partial charge is 0.513 e. The van der Waals surface area contributed by atoms with Crippen LogP contribution in [0.3, 0.4) is 0 Å². The normalized spacial score (nSPS) is 10.5. The van der Waals surface area contributed by atoms with E-state index in [0.717, 1.165) is 0 Å². The fraction of sp³-hybridized carbons (Fsp3) is 0.115. The van der Waals surface area contributed by atoms with Crippen molar-refractivity contribution >= 4 is 29.7 Å². The molecule has 0 aliphatic heterocycles. The molecule has 34 heavy (non-hydrogen) atoms. The summed E-state index contributed by atoms with van der Waals surface area (Å²) in [5.74, 6) is -0.784. The summed E-state index contributed by atoms with van der Waals surface area (Å²) in [4.78, 5) is 36.2. The van der Waals surface area contributed by atoms with Crippen molar-refractivity contribution in [3.05, 3.63) is 101 Å². The lowest BCUT2D eigenvalue weighted by molar-refractivity contribution is -0.116. The first-order chi connectivity index (χ1) is 16.4. The fourth-order valence-electron chi connectivity index (χ4n) is 2.90. The number of carbonyl (C=O) groups excluding carboxylic acids is 3. The molecular formula is C26H23FN2O5. The topological polar surface area (TPSA) is 93.7 Å². The van der Waals surface area contributed by atoms with Gasteiger partial charge in [0, 0.05) is 23.9 Å². The highest BCUT2D eigenvalue weighted by atomic mass is 19.1. The van der Waals surface area contributed by atoms with Crippen LogP contribution in [-0.2, 0) is 16.1 Å². The van der Waals surface area contributed by atoms with Gasteiger partial charge in [0.05, 0.1) is 6.61 Å². The Morgan fingerprint density at radius 1 is 0.941 bits per heavy atom. The van der Waals surface area contributed by atoms with Crippen molar-refractivity contribution in [2.75, 3.05) is 11.9 Å². The van der Waals surface area contributed by atoms with Crippen LogP contribution in [0.4, 0.5) is 14.9 Å². The van der Waals surface area contributed by atoms with Gasteiger partial charge in [0.2, 0.25) is 5.91 Å². The molecular weight excluding hydrogens is 439 g/mol. The van der Waals surface area contributed by atoms with E-state index >= 15 is 0 Å². The van der Waals surface area contributed by atoms with Crippen molar-refractivity contribution in [2.45, 2.75) is 13.5 Å². The summed E-state index contributed by atoms with van der Waals surface area (Å²) >= 11 is 0. The first-order valence-electron chi connectivity index (χ1n) is 10.5. The second-order valence-electron chi connectivity index (χ2n) is 7.02. The number of ether oxygens (including phenoxy) is 2. The van der Waals surface area contributed by atoms with Gasteiger partial charge in [-0.2, -0.15) is 0 Å². The Hall–Kier alpha value is -4.46. The monoisotopic (exact) mass is 462 g/mol. The molecule has 2 N–H and O–H groups in total. The van der Waals surface area contributed by atoms with Gasteiger partial charge in [-0.1, -0.05) is 30.3 Å². The maximum absolute atomic E-state index is 13.0. The molecule has 0 spiro atoms. The lowest BCUT2D eigenvalue weighted by Gasteiger charge is -2.12. The Balaban J connectivity index is 1.58. The molecule has 0 fully saturated rings. The Morgan fingerprint density at radius 2 is 1.65 bits per heavy atom. The van der Waals surface area contributed by atoms with Crippen LogP contribution in [0, 0.1) is 5.82 Å². The number of amides is 2. The molecule has 0 aliphatic carbocycles. The zero-order chi connectivity index (χ0) is 24.3. The van der Waals surface area contributed by atoms with Crippen LogP contribution in [0.5, 0.6) is 5.75 Å².